The van der Waals surface area contributed by atoms with Gasteiger partial charge < -0.3 is 19.9 Å². The lowest BCUT2D eigenvalue weighted by molar-refractivity contribution is -0.188. The van der Waals surface area contributed by atoms with Crippen molar-refractivity contribution in [3.8, 4) is 0 Å². The standard InChI is InChI=1S/C28H37NO5S/c1-18-8-13-23(16-24(18)15-22-11-9-21(10-12-22)7-5-6-14-29)27-25(32-19(2)30)17-26(33-20(3)31)28(34-27)35-4/h8-13,16,25-28H,5-7,14-15,17,29H2,1-4H3/t25-,26?,27+,28-/m1/s1. The van der Waals surface area contributed by atoms with E-state index in [-0.39, 0.29) is 17.4 Å². The average molecular weight is 500 g/mol. The zero-order valence-corrected chi connectivity index (χ0v) is 21.9. The second-order valence-corrected chi connectivity index (χ2v) is 10.1. The number of esters is 2. The van der Waals surface area contributed by atoms with Crippen LogP contribution in [0.25, 0.3) is 0 Å². The molecule has 1 aliphatic heterocycles. The molecular formula is C28H37NO5S. The zero-order chi connectivity index (χ0) is 25.4. The van der Waals surface area contributed by atoms with Gasteiger partial charge in [0.1, 0.15) is 23.7 Å². The number of thioether (sulfide) groups is 1. The predicted molar refractivity (Wildman–Crippen MR) is 139 cm³/mol. The molecule has 0 radical (unpaired) electrons. The van der Waals surface area contributed by atoms with Crippen molar-refractivity contribution in [2.75, 3.05) is 12.8 Å². The van der Waals surface area contributed by atoms with Crippen LogP contribution in [0.4, 0.5) is 0 Å². The summed E-state index contributed by atoms with van der Waals surface area (Å²) in [5.41, 5.74) is 11.2. The summed E-state index contributed by atoms with van der Waals surface area (Å²) in [6.07, 6.45) is 4.87. The Morgan fingerprint density at radius 3 is 2.29 bits per heavy atom. The van der Waals surface area contributed by atoms with Gasteiger partial charge in [-0.15, -0.1) is 11.8 Å². The number of hydrogen-bond donors (Lipinski definition) is 1. The highest BCUT2D eigenvalue weighted by Gasteiger charge is 2.42. The summed E-state index contributed by atoms with van der Waals surface area (Å²) in [5.74, 6) is -0.757. The molecule has 3 rings (SSSR count). The van der Waals surface area contributed by atoms with Crippen molar-refractivity contribution in [1.82, 2.24) is 0 Å². The molecule has 190 valence electrons. The molecular weight excluding hydrogens is 462 g/mol. The van der Waals surface area contributed by atoms with E-state index < -0.39 is 18.3 Å². The van der Waals surface area contributed by atoms with Crippen LogP contribution in [0.1, 0.15) is 67.0 Å². The van der Waals surface area contributed by atoms with Crippen molar-refractivity contribution < 1.29 is 23.8 Å². The molecule has 1 aliphatic rings. The second-order valence-electron chi connectivity index (χ2n) is 9.12. The van der Waals surface area contributed by atoms with Crippen molar-refractivity contribution >= 4 is 23.7 Å². The Bertz CT molecular complexity index is 993. The fourth-order valence-electron chi connectivity index (χ4n) is 4.50. The van der Waals surface area contributed by atoms with Crippen LogP contribution < -0.4 is 5.73 Å². The maximum absolute atomic E-state index is 11.8. The predicted octanol–water partition coefficient (Wildman–Crippen LogP) is 4.88. The smallest absolute Gasteiger partial charge is 0.303 e. The first kappa shape index (κ1) is 27.2. The Morgan fingerprint density at radius 1 is 1.00 bits per heavy atom. The number of nitrogens with two attached hydrogens (primary N) is 1. The van der Waals surface area contributed by atoms with Gasteiger partial charge >= 0.3 is 11.9 Å². The lowest BCUT2D eigenvalue weighted by Gasteiger charge is -2.40. The topological polar surface area (TPSA) is 87.8 Å². The summed E-state index contributed by atoms with van der Waals surface area (Å²) in [6, 6.07) is 15.0. The van der Waals surface area contributed by atoms with Gasteiger partial charge in [0.25, 0.3) is 0 Å². The van der Waals surface area contributed by atoms with Gasteiger partial charge in [0.15, 0.2) is 0 Å². The van der Waals surface area contributed by atoms with Crippen molar-refractivity contribution in [2.45, 2.75) is 76.6 Å². The highest BCUT2D eigenvalue weighted by Crippen LogP contribution is 2.39. The summed E-state index contributed by atoms with van der Waals surface area (Å²) in [5, 5.41) is 0. The van der Waals surface area contributed by atoms with Crippen LogP contribution in [0, 0.1) is 6.92 Å². The number of hydrogen-bond acceptors (Lipinski definition) is 7. The number of rotatable bonds is 10. The van der Waals surface area contributed by atoms with Gasteiger partial charge in [-0.05, 0) is 73.2 Å². The first-order chi connectivity index (χ1) is 16.8. The molecule has 1 fully saturated rings. The van der Waals surface area contributed by atoms with Crippen LogP contribution in [0.2, 0.25) is 0 Å². The third-order valence-corrected chi connectivity index (χ3v) is 7.17. The molecule has 0 aromatic heterocycles. The van der Waals surface area contributed by atoms with Crippen LogP contribution in [-0.4, -0.2) is 42.4 Å². The molecule has 0 amide bonds. The Balaban J connectivity index is 1.80. The maximum Gasteiger partial charge on any atom is 0.303 e. The highest BCUT2D eigenvalue weighted by atomic mass is 32.2. The molecule has 1 unspecified atom stereocenters. The van der Waals surface area contributed by atoms with Crippen LogP contribution in [0.3, 0.4) is 0 Å². The Labute approximate surface area is 212 Å². The quantitative estimate of drug-likeness (QED) is 0.368. The number of ether oxygens (including phenoxy) is 3. The number of carbonyl (C=O) groups is 2. The Morgan fingerprint density at radius 2 is 1.66 bits per heavy atom. The van der Waals surface area contributed by atoms with Crippen molar-refractivity contribution in [3.63, 3.8) is 0 Å². The molecule has 1 saturated heterocycles. The fraction of sp³-hybridized carbons (Fsp3) is 0.500. The van der Waals surface area contributed by atoms with Gasteiger partial charge in [-0.1, -0.05) is 42.5 Å². The lowest BCUT2D eigenvalue weighted by Crippen LogP contribution is -2.45. The van der Waals surface area contributed by atoms with Gasteiger partial charge in [0.2, 0.25) is 0 Å². The van der Waals surface area contributed by atoms with E-state index in [0.717, 1.165) is 37.8 Å². The summed E-state index contributed by atoms with van der Waals surface area (Å²) in [7, 11) is 0. The second kappa shape index (κ2) is 13.1. The monoisotopic (exact) mass is 499 g/mol. The normalized spacial score (nSPS) is 22.0. The lowest BCUT2D eigenvalue weighted by atomic mass is 9.92. The van der Waals surface area contributed by atoms with Crippen LogP contribution >= 0.6 is 11.8 Å². The molecule has 2 aromatic rings. The van der Waals surface area contributed by atoms with Crippen molar-refractivity contribution in [2.24, 2.45) is 5.73 Å². The summed E-state index contributed by atoms with van der Waals surface area (Å²) in [4.78, 5) is 23.4. The third kappa shape index (κ3) is 7.82. The molecule has 35 heavy (non-hydrogen) atoms. The van der Waals surface area contributed by atoms with E-state index in [1.165, 1.54) is 47.9 Å². The molecule has 0 spiro atoms. The largest absolute Gasteiger partial charge is 0.459 e. The van der Waals surface area contributed by atoms with E-state index >= 15 is 0 Å². The van der Waals surface area contributed by atoms with Gasteiger partial charge in [0.05, 0.1) is 0 Å². The van der Waals surface area contributed by atoms with E-state index in [1.807, 2.05) is 12.3 Å². The molecule has 0 saturated carbocycles. The third-order valence-electron chi connectivity index (χ3n) is 6.29. The van der Waals surface area contributed by atoms with Crippen LogP contribution in [-0.2, 0) is 36.6 Å². The van der Waals surface area contributed by atoms with Gasteiger partial charge in [-0.3, -0.25) is 9.59 Å². The summed E-state index contributed by atoms with van der Waals surface area (Å²) in [6.45, 7) is 5.61. The van der Waals surface area contributed by atoms with Crippen molar-refractivity contribution in [3.05, 3.63) is 70.3 Å². The van der Waals surface area contributed by atoms with E-state index in [2.05, 4.69) is 43.3 Å². The number of aryl methyl sites for hydroxylation is 2. The van der Waals surface area contributed by atoms with Crippen molar-refractivity contribution in [1.29, 1.82) is 0 Å². The summed E-state index contributed by atoms with van der Waals surface area (Å²) >= 11 is 1.49. The van der Waals surface area contributed by atoms with Gasteiger partial charge in [-0.2, -0.15) is 0 Å². The molecule has 1 heterocycles. The first-order valence-corrected chi connectivity index (χ1v) is 13.5. The Hall–Kier alpha value is -2.35. The van der Waals surface area contributed by atoms with Gasteiger partial charge in [-0.25, -0.2) is 0 Å². The molecule has 2 N–H and O–H groups in total. The van der Waals surface area contributed by atoms with Gasteiger partial charge in [0, 0.05) is 20.3 Å². The first-order valence-electron chi connectivity index (χ1n) is 12.2. The number of benzene rings is 2. The molecule has 0 aliphatic carbocycles. The van der Waals surface area contributed by atoms with E-state index in [4.69, 9.17) is 19.9 Å². The van der Waals surface area contributed by atoms with E-state index in [0.29, 0.717) is 6.42 Å². The SMILES string of the molecule is CS[C@H]1O[C@@H](c2ccc(C)c(Cc3ccc(CCCCN)cc3)c2)[C@H](OC(C)=O)CC1OC(C)=O. The van der Waals surface area contributed by atoms with Crippen LogP contribution in [0.5, 0.6) is 0 Å². The van der Waals surface area contributed by atoms with E-state index in [1.54, 1.807) is 0 Å². The maximum atomic E-state index is 11.8. The molecule has 0 bridgehead atoms. The minimum absolute atomic E-state index is 0.340. The Kier molecular flexibility index (Phi) is 10.2. The molecule has 2 aromatic carbocycles. The van der Waals surface area contributed by atoms with E-state index in [9.17, 15) is 9.59 Å². The molecule has 4 atom stereocenters. The highest BCUT2D eigenvalue weighted by molar-refractivity contribution is 7.99. The fourth-order valence-corrected chi connectivity index (χ4v) is 5.20. The zero-order valence-electron chi connectivity index (χ0n) is 21.1. The number of carbonyl (C=O) groups excluding carboxylic acids is 2. The minimum Gasteiger partial charge on any atom is -0.459 e. The van der Waals surface area contributed by atoms with Crippen LogP contribution in [0.15, 0.2) is 42.5 Å². The average Bonchev–Trinajstić information content (AvgIpc) is 2.81. The number of unbranched alkanes of at least 4 members (excludes halogenated alkanes) is 1. The molecule has 7 heteroatoms. The minimum atomic E-state index is -0.538. The summed E-state index contributed by atoms with van der Waals surface area (Å²) < 4.78 is 17.5. The molecule has 6 nitrogen and oxygen atoms in total.